The highest BCUT2D eigenvalue weighted by Gasteiger charge is 2.29. The Morgan fingerprint density at radius 2 is 1.96 bits per heavy atom. The van der Waals surface area contributed by atoms with Crippen molar-refractivity contribution in [2.24, 2.45) is 5.92 Å². The van der Waals surface area contributed by atoms with Crippen LogP contribution in [0.3, 0.4) is 0 Å². The molecule has 0 bridgehead atoms. The Hall–Kier alpha value is -1.86. The van der Waals surface area contributed by atoms with Crippen molar-refractivity contribution in [1.82, 2.24) is 9.62 Å². The molecule has 27 heavy (non-hydrogen) atoms. The summed E-state index contributed by atoms with van der Waals surface area (Å²) in [5, 5.41) is 2.95. The number of ether oxygens (including phenoxy) is 1. The quantitative estimate of drug-likeness (QED) is 0.724. The predicted molar refractivity (Wildman–Crippen MR) is 105 cm³/mol. The number of amides is 1. The van der Waals surface area contributed by atoms with E-state index in [0.29, 0.717) is 30.3 Å². The molecule has 7 heteroatoms. The van der Waals surface area contributed by atoms with Crippen LogP contribution in [0.2, 0.25) is 0 Å². The molecule has 1 heterocycles. The number of hydrogen-bond donors (Lipinski definition) is 1. The Balaban J connectivity index is 1.78. The van der Waals surface area contributed by atoms with Crippen LogP contribution in [-0.4, -0.2) is 44.9 Å². The van der Waals surface area contributed by atoms with E-state index in [1.165, 1.54) is 30.3 Å². The average Bonchev–Trinajstić information content (AvgIpc) is 3.52. The summed E-state index contributed by atoms with van der Waals surface area (Å²) in [7, 11) is -2.15. The Labute approximate surface area is 161 Å². The monoisotopic (exact) mass is 392 g/mol. The van der Waals surface area contributed by atoms with Crippen LogP contribution in [0.15, 0.2) is 29.2 Å². The van der Waals surface area contributed by atoms with Gasteiger partial charge in [-0.05, 0) is 62.3 Å². The van der Waals surface area contributed by atoms with E-state index >= 15 is 0 Å². The predicted octanol–water partition coefficient (Wildman–Crippen LogP) is 2.80. The Bertz CT molecular complexity index is 809. The fourth-order valence-electron chi connectivity index (χ4n) is 3.40. The van der Waals surface area contributed by atoms with Crippen LogP contribution in [0.4, 0.5) is 0 Å². The number of rotatable bonds is 7. The molecule has 1 aromatic carbocycles. The zero-order chi connectivity index (χ0) is 19.4. The third kappa shape index (κ3) is 4.90. The second-order valence-electron chi connectivity index (χ2n) is 7.34. The Kier molecular flexibility index (Phi) is 6.22. The third-order valence-corrected chi connectivity index (χ3v) is 7.17. The second-order valence-corrected chi connectivity index (χ2v) is 9.25. The van der Waals surface area contributed by atoms with Crippen LogP contribution in [0.1, 0.15) is 44.6 Å². The fourth-order valence-corrected chi connectivity index (χ4v) is 5.11. The van der Waals surface area contributed by atoms with E-state index in [2.05, 4.69) is 5.32 Å². The van der Waals surface area contributed by atoms with Crippen molar-refractivity contribution >= 4 is 22.0 Å². The topological polar surface area (TPSA) is 75.7 Å². The van der Waals surface area contributed by atoms with Gasteiger partial charge in [-0.15, -0.1) is 0 Å². The maximum atomic E-state index is 13.0. The number of nitrogens with zero attached hydrogens (tertiary/aromatic N) is 1. The van der Waals surface area contributed by atoms with Gasteiger partial charge in [0, 0.05) is 25.2 Å². The molecule has 1 N–H and O–H groups in total. The lowest BCUT2D eigenvalue weighted by molar-refractivity contribution is -0.117. The van der Waals surface area contributed by atoms with Crippen LogP contribution in [0.25, 0.3) is 6.08 Å². The molecular weight excluding hydrogens is 364 g/mol. The van der Waals surface area contributed by atoms with Gasteiger partial charge >= 0.3 is 0 Å². The second kappa shape index (κ2) is 8.44. The van der Waals surface area contributed by atoms with Crippen molar-refractivity contribution in [2.75, 3.05) is 20.2 Å². The van der Waals surface area contributed by atoms with Crippen LogP contribution in [0.5, 0.6) is 5.75 Å². The standard InChI is InChI=1S/C20H28N2O4S/c1-15(17-8-9-17)21-20(23)11-7-16-6-10-18(26-2)19(14-16)27(24,25)22-12-4-3-5-13-22/h6-7,10-11,14-15,17H,3-5,8-9,12-13H2,1-2H3,(H,21,23)/b11-7+/t15-/m1/s1. The molecule has 1 amide bonds. The van der Waals surface area contributed by atoms with Gasteiger partial charge in [-0.25, -0.2) is 8.42 Å². The number of benzene rings is 1. The molecule has 1 aliphatic heterocycles. The van der Waals surface area contributed by atoms with Crippen LogP contribution < -0.4 is 10.1 Å². The first kappa shape index (κ1) is 19.9. The van der Waals surface area contributed by atoms with Gasteiger partial charge < -0.3 is 10.1 Å². The molecule has 1 aliphatic carbocycles. The summed E-state index contributed by atoms with van der Waals surface area (Å²) in [6, 6.07) is 5.15. The highest BCUT2D eigenvalue weighted by Crippen LogP contribution is 2.32. The minimum absolute atomic E-state index is 0.154. The molecule has 0 unspecified atom stereocenters. The van der Waals surface area contributed by atoms with Gasteiger partial charge in [0.05, 0.1) is 7.11 Å². The van der Waals surface area contributed by atoms with Crippen molar-refractivity contribution in [3.63, 3.8) is 0 Å². The number of methoxy groups -OCH3 is 1. The van der Waals surface area contributed by atoms with E-state index < -0.39 is 10.0 Å². The number of sulfonamides is 1. The maximum absolute atomic E-state index is 13.0. The van der Waals surface area contributed by atoms with Gasteiger partial charge in [-0.1, -0.05) is 12.5 Å². The third-order valence-electron chi connectivity index (χ3n) is 5.25. The lowest BCUT2D eigenvalue weighted by Gasteiger charge is -2.26. The summed E-state index contributed by atoms with van der Waals surface area (Å²) in [5.74, 6) is 0.750. The van der Waals surface area contributed by atoms with Crippen molar-refractivity contribution in [3.05, 3.63) is 29.8 Å². The summed E-state index contributed by atoms with van der Waals surface area (Å²) in [4.78, 5) is 12.2. The minimum atomic E-state index is -3.61. The molecule has 2 fully saturated rings. The first-order valence-corrected chi connectivity index (χ1v) is 11.0. The summed E-state index contributed by atoms with van der Waals surface area (Å²) >= 11 is 0. The van der Waals surface area contributed by atoms with Gasteiger partial charge in [0.25, 0.3) is 0 Å². The fraction of sp³-hybridized carbons (Fsp3) is 0.550. The molecule has 0 spiro atoms. The maximum Gasteiger partial charge on any atom is 0.246 e. The summed E-state index contributed by atoms with van der Waals surface area (Å²) < 4.78 is 32.9. The molecule has 1 saturated heterocycles. The molecule has 0 radical (unpaired) electrons. The summed E-state index contributed by atoms with van der Waals surface area (Å²) in [6.07, 6.45) is 8.24. The minimum Gasteiger partial charge on any atom is -0.495 e. The van der Waals surface area contributed by atoms with Gasteiger partial charge in [0.1, 0.15) is 10.6 Å². The van der Waals surface area contributed by atoms with Crippen LogP contribution in [-0.2, 0) is 14.8 Å². The molecule has 1 saturated carbocycles. The zero-order valence-corrected chi connectivity index (χ0v) is 16.8. The highest BCUT2D eigenvalue weighted by molar-refractivity contribution is 7.89. The van der Waals surface area contributed by atoms with Gasteiger partial charge in [0.2, 0.25) is 15.9 Å². The number of carbonyl (C=O) groups is 1. The van der Waals surface area contributed by atoms with E-state index in [-0.39, 0.29) is 16.8 Å². The lowest BCUT2D eigenvalue weighted by Crippen LogP contribution is -2.35. The van der Waals surface area contributed by atoms with E-state index in [9.17, 15) is 13.2 Å². The van der Waals surface area contributed by atoms with Crippen molar-refractivity contribution in [2.45, 2.75) is 50.0 Å². The van der Waals surface area contributed by atoms with Gasteiger partial charge in [-0.3, -0.25) is 4.79 Å². The van der Waals surface area contributed by atoms with E-state index in [0.717, 1.165) is 19.3 Å². The first-order chi connectivity index (χ1) is 12.9. The number of nitrogens with one attached hydrogen (secondary N) is 1. The highest BCUT2D eigenvalue weighted by atomic mass is 32.2. The Morgan fingerprint density at radius 3 is 2.59 bits per heavy atom. The summed E-state index contributed by atoms with van der Waals surface area (Å²) in [5.41, 5.74) is 0.653. The van der Waals surface area contributed by atoms with Gasteiger partial charge in [-0.2, -0.15) is 4.31 Å². The smallest absolute Gasteiger partial charge is 0.246 e. The molecule has 0 aromatic heterocycles. The SMILES string of the molecule is COc1ccc(/C=C/C(=O)N[C@H](C)C2CC2)cc1S(=O)(=O)N1CCCCC1. The number of hydrogen-bond acceptors (Lipinski definition) is 4. The molecule has 1 aromatic rings. The van der Waals surface area contributed by atoms with Crippen molar-refractivity contribution in [1.29, 1.82) is 0 Å². The molecular formula is C20H28N2O4S. The van der Waals surface area contributed by atoms with E-state index in [4.69, 9.17) is 4.74 Å². The normalized spacial score (nSPS) is 19.8. The number of piperidine rings is 1. The molecule has 148 valence electrons. The van der Waals surface area contributed by atoms with Crippen molar-refractivity contribution < 1.29 is 17.9 Å². The van der Waals surface area contributed by atoms with Crippen molar-refractivity contribution in [3.8, 4) is 5.75 Å². The van der Waals surface area contributed by atoms with Crippen LogP contribution >= 0.6 is 0 Å². The first-order valence-electron chi connectivity index (χ1n) is 9.58. The zero-order valence-electron chi connectivity index (χ0n) is 16.0. The number of carbonyl (C=O) groups excluding carboxylic acids is 1. The molecule has 6 nitrogen and oxygen atoms in total. The van der Waals surface area contributed by atoms with E-state index in [1.54, 1.807) is 24.3 Å². The molecule has 3 rings (SSSR count). The Morgan fingerprint density at radius 1 is 1.26 bits per heavy atom. The summed E-state index contributed by atoms with van der Waals surface area (Å²) in [6.45, 7) is 3.08. The molecule has 2 aliphatic rings. The van der Waals surface area contributed by atoms with Gasteiger partial charge in [0.15, 0.2) is 0 Å². The molecule has 1 atom stereocenters. The lowest BCUT2D eigenvalue weighted by atomic mass is 10.2. The van der Waals surface area contributed by atoms with E-state index in [1.807, 2.05) is 6.92 Å². The van der Waals surface area contributed by atoms with Crippen LogP contribution in [0, 0.1) is 5.92 Å². The largest absolute Gasteiger partial charge is 0.495 e. The average molecular weight is 393 g/mol.